The molecule has 1 aromatic carbocycles. The van der Waals surface area contributed by atoms with Crippen LogP contribution in [0.2, 0.25) is 0 Å². The normalized spacial score (nSPS) is 25.4. The monoisotopic (exact) mass is 270 g/mol. The summed E-state index contributed by atoms with van der Waals surface area (Å²) in [6.07, 6.45) is 1.22. The van der Waals surface area contributed by atoms with Crippen LogP contribution in [-0.2, 0) is 4.84 Å². The van der Waals surface area contributed by atoms with Crippen molar-refractivity contribution in [3.8, 4) is 17.6 Å². The van der Waals surface area contributed by atoms with Gasteiger partial charge in [-0.3, -0.25) is 4.90 Å². The Morgan fingerprint density at radius 1 is 1.45 bits per heavy atom. The highest BCUT2D eigenvalue weighted by atomic mass is 16.6. The molecule has 0 aromatic heterocycles. The van der Waals surface area contributed by atoms with Crippen molar-refractivity contribution in [3.05, 3.63) is 29.8 Å². The quantitative estimate of drug-likeness (QED) is 0.477. The summed E-state index contributed by atoms with van der Waals surface area (Å²) < 4.78 is 5.15. The Balaban J connectivity index is 1.50. The predicted molar refractivity (Wildman–Crippen MR) is 77.8 cm³/mol. The molecule has 2 heterocycles. The first-order valence-corrected chi connectivity index (χ1v) is 6.89. The van der Waals surface area contributed by atoms with E-state index in [1.54, 1.807) is 7.11 Å². The molecular formula is C16H18N2O2. The zero-order valence-electron chi connectivity index (χ0n) is 11.6. The maximum Gasteiger partial charge on any atom is 0.177 e. The van der Waals surface area contributed by atoms with Gasteiger partial charge >= 0.3 is 0 Å². The molecule has 0 amide bonds. The number of fused-ring (bicyclic) bond motifs is 2. The molecule has 0 aliphatic carbocycles. The predicted octanol–water partition coefficient (Wildman–Crippen LogP) is 1.75. The Bertz CT molecular complexity index is 571. The van der Waals surface area contributed by atoms with E-state index in [2.05, 4.69) is 21.9 Å². The van der Waals surface area contributed by atoms with Crippen molar-refractivity contribution >= 4 is 5.71 Å². The second-order valence-corrected chi connectivity index (χ2v) is 5.11. The molecule has 2 atom stereocenters. The van der Waals surface area contributed by atoms with Gasteiger partial charge in [-0.2, -0.15) is 0 Å². The van der Waals surface area contributed by atoms with Gasteiger partial charge in [0.25, 0.3) is 0 Å². The molecule has 1 aromatic rings. The molecule has 3 rings (SSSR count). The Morgan fingerprint density at radius 2 is 2.40 bits per heavy atom. The number of hydrogen-bond acceptors (Lipinski definition) is 4. The molecule has 2 saturated heterocycles. The van der Waals surface area contributed by atoms with Crippen molar-refractivity contribution in [2.45, 2.75) is 6.42 Å². The van der Waals surface area contributed by atoms with E-state index in [9.17, 15) is 0 Å². The van der Waals surface area contributed by atoms with Crippen molar-refractivity contribution in [2.24, 2.45) is 11.1 Å². The average molecular weight is 270 g/mol. The van der Waals surface area contributed by atoms with Crippen LogP contribution in [0.15, 0.2) is 29.4 Å². The SMILES string of the molecule is COc1cccc(C#CCO/N=C2\CN3CCC2C3)c1. The summed E-state index contributed by atoms with van der Waals surface area (Å²) >= 11 is 0. The lowest BCUT2D eigenvalue weighted by atomic mass is 10.0. The van der Waals surface area contributed by atoms with E-state index < -0.39 is 0 Å². The van der Waals surface area contributed by atoms with E-state index in [0.29, 0.717) is 12.5 Å². The smallest absolute Gasteiger partial charge is 0.177 e. The average Bonchev–Trinajstić information content (AvgIpc) is 3.10. The fraction of sp³-hybridized carbons (Fsp3) is 0.438. The van der Waals surface area contributed by atoms with Crippen LogP contribution in [0.3, 0.4) is 0 Å². The Kier molecular flexibility index (Phi) is 3.89. The first kappa shape index (κ1) is 13.0. The Labute approximate surface area is 119 Å². The topological polar surface area (TPSA) is 34.1 Å². The summed E-state index contributed by atoms with van der Waals surface area (Å²) in [6.45, 7) is 3.65. The van der Waals surface area contributed by atoms with Crippen LogP contribution in [0.5, 0.6) is 5.75 Å². The molecule has 2 aliphatic rings. The number of piperidine rings is 1. The summed E-state index contributed by atoms with van der Waals surface area (Å²) in [5, 5.41) is 4.22. The second-order valence-electron chi connectivity index (χ2n) is 5.11. The number of rotatable bonds is 3. The number of oxime groups is 1. The number of hydrogen-bond donors (Lipinski definition) is 0. The third-order valence-electron chi connectivity index (χ3n) is 3.75. The minimum Gasteiger partial charge on any atom is -0.497 e. The first-order valence-electron chi connectivity index (χ1n) is 6.89. The molecule has 104 valence electrons. The highest BCUT2D eigenvalue weighted by Crippen LogP contribution is 2.25. The lowest BCUT2D eigenvalue weighted by molar-refractivity contribution is 0.177. The van der Waals surface area contributed by atoms with Crippen LogP contribution in [0, 0.1) is 17.8 Å². The molecule has 0 saturated carbocycles. The van der Waals surface area contributed by atoms with Gasteiger partial charge in [0.15, 0.2) is 6.61 Å². The molecule has 0 spiro atoms. The van der Waals surface area contributed by atoms with Gasteiger partial charge in [0.05, 0.1) is 12.8 Å². The molecule has 4 nitrogen and oxygen atoms in total. The van der Waals surface area contributed by atoms with Crippen molar-refractivity contribution in [3.63, 3.8) is 0 Å². The van der Waals surface area contributed by atoms with Crippen LogP contribution in [0.25, 0.3) is 0 Å². The number of ether oxygens (including phenoxy) is 1. The van der Waals surface area contributed by atoms with Gasteiger partial charge in [-0.1, -0.05) is 23.1 Å². The second kappa shape index (κ2) is 5.98. The van der Waals surface area contributed by atoms with Gasteiger partial charge in [0.1, 0.15) is 5.75 Å². The fourth-order valence-electron chi connectivity index (χ4n) is 2.70. The first-order chi connectivity index (χ1) is 9.85. The molecule has 0 N–H and O–H groups in total. The number of nitrogens with zero attached hydrogens (tertiary/aromatic N) is 2. The largest absolute Gasteiger partial charge is 0.497 e. The van der Waals surface area contributed by atoms with Crippen LogP contribution < -0.4 is 4.74 Å². The van der Waals surface area contributed by atoms with Crippen LogP contribution in [0.4, 0.5) is 0 Å². The van der Waals surface area contributed by atoms with Crippen LogP contribution in [0.1, 0.15) is 12.0 Å². The molecule has 2 fully saturated rings. The lowest BCUT2D eigenvalue weighted by Gasteiger charge is -2.12. The summed E-state index contributed by atoms with van der Waals surface area (Å²) in [7, 11) is 1.65. The maximum atomic E-state index is 5.30. The highest BCUT2D eigenvalue weighted by molar-refractivity contribution is 5.91. The zero-order chi connectivity index (χ0) is 13.8. The van der Waals surface area contributed by atoms with Gasteiger partial charge in [0, 0.05) is 24.6 Å². The summed E-state index contributed by atoms with van der Waals surface area (Å²) in [4.78, 5) is 7.72. The van der Waals surface area contributed by atoms with E-state index in [-0.39, 0.29) is 0 Å². The fourth-order valence-corrected chi connectivity index (χ4v) is 2.70. The molecule has 2 bridgehead atoms. The molecule has 20 heavy (non-hydrogen) atoms. The Morgan fingerprint density at radius 3 is 3.15 bits per heavy atom. The van der Waals surface area contributed by atoms with Crippen molar-refractivity contribution in [1.82, 2.24) is 4.90 Å². The zero-order valence-corrected chi connectivity index (χ0v) is 11.6. The minimum absolute atomic E-state index is 0.327. The van der Waals surface area contributed by atoms with Gasteiger partial charge < -0.3 is 9.57 Å². The van der Waals surface area contributed by atoms with Gasteiger partial charge in [-0.15, -0.1) is 0 Å². The lowest BCUT2D eigenvalue weighted by Crippen LogP contribution is -2.23. The van der Waals surface area contributed by atoms with E-state index in [1.165, 1.54) is 18.7 Å². The molecule has 2 unspecified atom stereocenters. The standard InChI is InChI=1S/C16H18N2O2/c1-19-15-6-2-4-13(10-15)5-3-9-20-17-16-12-18-8-7-14(16)11-18/h2,4,6,10,14H,7-9,11-12H2,1H3/b17-16+. The van der Waals surface area contributed by atoms with Crippen LogP contribution >= 0.6 is 0 Å². The van der Waals surface area contributed by atoms with Crippen LogP contribution in [-0.4, -0.2) is 44.0 Å². The Hall–Kier alpha value is -1.99. The molecule has 2 aliphatic heterocycles. The minimum atomic E-state index is 0.327. The van der Waals surface area contributed by atoms with Gasteiger partial charge in [-0.05, 0) is 31.2 Å². The van der Waals surface area contributed by atoms with E-state index >= 15 is 0 Å². The van der Waals surface area contributed by atoms with Crippen molar-refractivity contribution < 1.29 is 9.57 Å². The van der Waals surface area contributed by atoms with E-state index in [4.69, 9.17) is 9.57 Å². The summed E-state index contributed by atoms with van der Waals surface area (Å²) in [6, 6.07) is 7.68. The van der Waals surface area contributed by atoms with Crippen molar-refractivity contribution in [1.29, 1.82) is 0 Å². The summed E-state index contributed by atoms with van der Waals surface area (Å²) in [5.74, 6) is 7.44. The van der Waals surface area contributed by atoms with E-state index in [1.807, 2.05) is 24.3 Å². The third kappa shape index (κ3) is 2.94. The number of benzene rings is 1. The summed E-state index contributed by atoms with van der Waals surface area (Å²) in [5.41, 5.74) is 2.10. The van der Waals surface area contributed by atoms with Crippen molar-refractivity contribution in [2.75, 3.05) is 33.4 Å². The molecule has 4 heteroatoms. The van der Waals surface area contributed by atoms with Gasteiger partial charge in [0.2, 0.25) is 0 Å². The molecule has 0 radical (unpaired) electrons. The number of methoxy groups -OCH3 is 1. The third-order valence-corrected chi connectivity index (χ3v) is 3.75. The molecular weight excluding hydrogens is 252 g/mol. The maximum absolute atomic E-state index is 5.30. The van der Waals surface area contributed by atoms with Gasteiger partial charge in [-0.25, -0.2) is 0 Å². The van der Waals surface area contributed by atoms with E-state index in [0.717, 1.165) is 24.4 Å². The highest BCUT2D eigenvalue weighted by Gasteiger charge is 2.35.